The third-order valence-corrected chi connectivity index (χ3v) is 4.40. The van der Waals surface area contributed by atoms with E-state index < -0.39 is 0 Å². The van der Waals surface area contributed by atoms with E-state index in [0.717, 1.165) is 0 Å². The van der Waals surface area contributed by atoms with Crippen LogP contribution in [0.4, 0.5) is 0 Å². The molecular weight excluding hydrogens is 176 g/mol. The number of aliphatic hydroxyl groups excluding tert-OH is 2. The number of hydrogen-bond acceptors (Lipinski definition) is 2. The molecular formula is C12H16O2. The maximum atomic E-state index is 9.37. The lowest BCUT2D eigenvalue weighted by molar-refractivity contribution is -0.0239. The summed E-state index contributed by atoms with van der Waals surface area (Å²) in [4.78, 5) is 0. The van der Waals surface area contributed by atoms with E-state index in [-0.39, 0.29) is 25.0 Å². The van der Waals surface area contributed by atoms with E-state index in [1.807, 2.05) is 0 Å². The number of aliphatic hydroxyl groups is 2. The summed E-state index contributed by atoms with van der Waals surface area (Å²) < 4.78 is 0. The summed E-state index contributed by atoms with van der Waals surface area (Å²) in [6, 6.07) is 0. The average molecular weight is 192 g/mol. The second-order valence-corrected chi connectivity index (χ2v) is 4.77. The smallest absolute Gasteiger partial charge is 0.0468 e. The lowest BCUT2D eigenvalue weighted by Gasteiger charge is -2.55. The standard InChI is InChI=1S/C12H16O2/c13-5-11-9-3-4-10(12(11)6-14)8-2-1-7(8)9/h1-4,7-14H,5-6H2/t7-,8-,9-,10-,11-,12+/m0/s1. The summed E-state index contributed by atoms with van der Waals surface area (Å²) in [6.07, 6.45) is 9.04. The van der Waals surface area contributed by atoms with Gasteiger partial charge in [-0.1, -0.05) is 24.3 Å². The van der Waals surface area contributed by atoms with Crippen LogP contribution in [-0.4, -0.2) is 23.4 Å². The van der Waals surface area contributed by atoms with Gasteiger partial charge in [-0.15, -0.1) is 0 Å². The molecule has 2 heteroatoms. The minimum Gasteiger partial charge on any atom is -0.396 e. The van der Waals surface area contributed by atoms with Gasteiger partial charge in [0.2, 0.25) is 0 Å². The third-order valence-electron chi connectivity index (χ3n) is 4.40. The lowest BCUT2D eigenvalue weighted by atomic mass is 9.50. The first-order valence-electron chi connectivity index (χ1n) is 5.45. The number of allylic oxidation sites excluding steroid dienone is 4. The zero-order valence-corrected chi connectivity index (χ0v) is 8.08. The van der Waals surface area contributed by atoms with Gasteiger partial charge in [-0.2, -0.15) is 0 Å². The van der Waals surface area contributed by atoms with Crippen molar-refractivity contribution in [3.8, 4) is 0 Å². The predicted molar refractivity (Wildman–Crippen MR) is 53.4 cm³/mol. The summed E-state index contributed by atoms with van der Waals surface area (Å²) in [5, 5.41) is 18.7. The van der Waals surface area contributed by atoms with E-state index in [4.69, 9.17) is 0 Å². The Bertz CT molecular complexity index is 267. The fourth-order valence-corrected chi connectivity index (χ4v) is 3.59. The van der Waals surface area contributed by atoms with Gasteiger partial charge < -0.3 is 10.2 Å². The second kappa shape index (κ2) is 2.94. The molecule has 76 valence electrons. The van der Waals surface area contributed by atoms with Crippen LogP contribution >= 0.6 is 0 Å². The van der Waals surface area contributed by atoms with Crippen LogP contribution in [0.15, 0.2) is 24.3 Å². The summed E-state index contributed by atoms with van der Waals surface area (Å²) in [5.74, 6) is 2.78. The molecule has 0 spiro atoms. The highest BCUT2D eigenvalue weighted by Gasteiger charge is 2.51. The van der Waals surface area contributed by atoms with Gasteiger partial charge in [0.05, 0.1) is 0 Å². The fraction of sp³-hybridized carbons (Fsp3) is 0.667. The molecule has 0 amide bonds. The van der Waals surface area contributed by atoms with E-state index in [2.05, 4.69) is 24.3 Å². The molecule has 6 atom stereocenters. The third kappa shape index (κ3) is 0.882. The van der Waals surface area contributed by atoms with E-state index >= 15 is 0 Å². The first kappa shape index (κ1) is 8.69. The SMILES string of the molecule is OC[C@@H]1[C@H]2C=C[C@@H]([C@H]3C=C[C@@H]32)[C@@H]1CO. The Hall–Kier alpha value is -0.600. The van der Waals surface area contributed by atoms with Crippen LogP contribution in [0.1, 0.15) is 0 Å². The maximum absolute atomic E-state index is 9.37. The van der Waals surface area contributed by atoms with Gasteiger partial charge in [0.15, 0.2) is 0 Å². The highest BCUT2D eigenvalue weighted by atomic mass is 16.3. The highest BCUT2D eigenvalue weighted by molar-refractivity contribution is 5.27. The molecule has 4 rings (SSSR count). The molecule has 2 N–H and O–H groups in total. The van der Waals surface area contributed by atoms with E-state index in [0.29, 0.717) is 23.7 Å². The van der Waals surface area contributed by atoms with Gasteiger partial charge >= 0.3 is 0 Å². The molecule has 0 aromatic rings. The molecule has 0 aliphatic heterocycles. The van der Waals surface area contributed by atoms with Crippen molar-refractivity contribution < 1.29 is 10.2 Å². The van der Waals surface area contributed by atoms with Crippen molar-refractivity contribution in [3.05, 3.63) is 24.3 Å². The van der Waals surface area contributed by atoms with E-state index in [9.17, 15) is 10.2 Å². The van der Waals surface area contributed by atoms with Crippen LogP contribution in [0, 0.1) is 35.5 Å². The van der Waals surface area contributed by atoms with Gasteiger partial charge in [0.1, 0.15) is 0 Å². The van der Waals surface area contributed by atoms with Crippen LogP contribution in [0.25, 0.3) is 0 Å². The number of rotatable bonds is 2. The van der Waals surface area contributed by atoms with Crippen LogP contribution < -0.4 is 0 Å². The Kier molecular flexibility index (Phi) is 1.83. The largest absolute Gasteiger partial charge is 0.396 e. The normalized spacial score (nSPS) is 53.0. The van der Waals surface area contributed by atoms with Crippen molar-refractivity contribution in [2.75, 3.05) is 13.2 Å². The summed E-state index contributed by atoms with van der Waals surface area (Å²) in [5.41, 5.74) is 0. The van der Waals surface area contributed by atoms with Crippen LogP contribution in [0.2, 0.25) is 0 Å². The molecule has 1 saturated carbocycles. The Morgan fingerprint density at radius 1 is 0.643 bits per heavy atom. The molecule has 0 heterocycles. The minimum absolute atomic E-state index is 0.216. The molecule has 0 radical (unpaired) electrons. The van der Waals surface area contributed by atoms with Gasteiger partial charge in [0, 0.05) is 13.2 Å². The van der Waals surface area contributed by atoms with Crippen molar-refractivity contribution in [3.63, 3.8) is 0 Å². The van der Waals surface area contributed by atoms with Crippen molar-refractivity contribution in [1.82, 2.24) is 0 Å². The number of fused-ring (bicyclic) bond motifs is 1. The summed E-state index contributed by atoms with van der Waals surface area (Å²) in [6.45, 7) is 0.432. The zero-order valence-electron chi connectivity index (χ0n) is 8.08. The highest BCUT2D eigenvalue weighted by Crippen LogP contribution is 2.55. The molecule has 0 unspecified atom stereocenters. The topological polar surface area (TPSA) is 40.5 Å². The van der Waals surface area contributed by atoms with Crippen LogP contribution in [0.5, 0.6) is 0 Å². The Morgan fingerprint density at radius 3 is 1.29 bits per heavy atom. The average Bonchev–Trinajstić information content (AvgIpc) is 2.16. The molecule has 0 saturated heterocycles. The quantitative estimate of drug-likeness (QED) is 0.636. The monoisotopic (exact) mass is 192 g/mol. The Balaban J connectivity index is 1.96. The molecule has 2 nitrogen and oxygen atoms in total. The fourth-order valence-electron chi connectivity index (χ4n) is 3.59. The van der Waals surface area contributed by atoms with Crippen molar-refractivity contribution in [2.24, 2.45) is 35.5 Å². The minimum atomic E-state index is 0.216. The number of hydrogen-bond donors (Lipinski definition) is 2. The lowest BCUT2D eigenvalue weighted by Crippen LogP contribution is -2.52. The Labute approximate surface area is 83.9 Å². The van der Waals surface area contributed by atoms with Crippen molar-refractivity contribution >= 4 is 0 Å². The zero-order chi connectivity index (χ0) is 9.71. The summed E-state index contributed by atoms with van der Waals surface area (Å²) >= 11 is 0. The molecule has 4 aliphatic carbocycles. The summed E-state index contributed by atoms with van der Waals surface area (Å²) in [7, 11) is 0. The van der Waals surface area contributed by atoms with Gasteiger partial charge in [-0.25, -0.2) is 0 Å². The molecule has 2 bridgehead atoms. The predicted octanol–water partition coefficient (Wildman–Crippen LogP) is 0.821. The van der Waals surface area contributed by atoms with Crippen molar-refractivity contribution in [2.45, 2.75) is 0 Å². The van der Waals surface area contributed by atoms with Crippen LogP contribution in [-0.2, 0) is 0 Å². The van der Waals surface area contributed by atoms with Gasteiger partial charge in [0.25, 0.3) is 0 Å². The molecule has 14 heavy (non-hydrogen) atoms. The molecule has 1 fully saturated rings. The Morgan fingerprint density at radius 2 is 1.00 bits per heavy atom. The molecule has 0 aromatic carbocycles. The first-order valence-corrected chi connectivity index (χ1v) is 5.45. The van der Waals surface area contributed by atoms with Crippen molar-refractivity contribution in [1.29, 1.82) is 0 Å². The van der Waals surface area contributed by atoms with Gasteiger partial charge in [-0.3, -0.25) is 0 Å². The van der Waals surface area contributed by atoms with Gasteiger partial charge in [-0.05, 0) is 35.5 Å². The second-order valence-electron chi connectivity index (χ2n) is 4.77. The van der Waals surface area contributed by atoms with Crippen LogP contribution in [0.3, 0.4) is 0 Å². The maximum Gasteiger partial charge on any atom is 0.0468 e. The van der Waals surface area contributed by atoms with E-state index in [1.54, 1.807) is 0 Å². The first-order chi connectivity index (χ1) is 6.86. The van der Waals surface area contributed by atoms with E-state index in [1.165, 1.54) is 0 Å². The molecule has 4 aliphatic rings. The molecule has 0 aromatic heterocycles.